The Morgan fingerprint density at radius 1 is 0.788 bits per heavy atom. The van der Waals surface area contributed by atoms with Gasteiger partial charge in [-0.2, -0.15) is 0 Å². The van der Waals surface area contributed by atoms with Crippen molar-refractivity contribution >= 4 is 0 Å². The molecule has 0 saturated heterocycles. The van der Waals surface area contributed by atoms with Crippen molar-refractivity contribution < 1.29 is 15.3 Å². The van der Waals surface area contributed by atoms with E-state index in [-0.39, 0.29) is 27.8 Å². The van der Waals surface area contributed by atoms with E-state index < -0.39 is 17.6 Å². The molecule has 3 heteroatoms. The fourth-order valence-corrected chi connectivity index (χ4v) is 11.3. The van der Waals surface area contributed by atoms with Gasteiger partial charge in [0, 0.05) is 5.41 Å². The van der Waals surface area contributed by atoms with Gasteiger partial charge in [0.05, 0.1) is 18.3 Å². The fraction of sp³-hybridized carbons (Fsp3) is 0.933. The molecule has 0 heterocycles. The summed E-state index contributed by atoms with van der Waals surface area (Å²) in [5.74, 6) is 2.44. The SMILES string of the molecule is CC1=C[C@H](O)[C@@]2(C)C(C3CCC4[C@@]5(C)CC[C@H](O)C(C)(C)C5CC[C@@]4(C)[C@]3(C)C[C@@H]2O)[C@@H]1C. The zero-order chi connectivity index (χ0) is 24.4. The number of aliphatic hydroxyl groups excluding tert-OH is 3. The quantitative estimate of drug-likeness (QED) is 0.392. The van der Waals surface area contributed by atoms with Crippen molar-refractivity contribution in [1.82, 2.24) is 0 Å². The summed E-state index contributed by atoms with van der Waals surface area (Å²) in [6.45, 7) is 19.0. The molecule has 0 aliphatic heterocycles. The Kier molecular flexibility index (Phi) is 5.23. The number of rotatable bonds is 0. The molecule has 12 atom stereocenters. The van der Waals surface area contributed by atoms with Gasteiger partial charge in [-0.15, -0.1) is 0 Å². The lowest BCUT2D eigenvalue weighted by Gasteiger charge is -2.74. The first kappa shape index (κ1) is 24.3. The second-order valence-corrected chi connectivity index (χ2v) is 14.8. The smallest absolute Gasteiger partial charge is 0.0804 e. The molecule has 5 aliphatic carbocycles. The van der Waals surface area contributed by atoms with Crippen molar-refractivity contribution in [2.75, 3.05) is 0 Å². The van der Waals surface area contributed by atoms with Gasteiger partial charge in [-0.3, -0.25) is 0 Å². The summed E-state index contributed by atoms with van der Waals surface area (Å²) >= 11 is 0. The Bertz CT molecular complexity index is 847. The van der Waals surface area contributed by atoms with E-state index >= 15 is 0 Å². The first-order chi connectivity index (χ1) is 15.2. The highest BCUT2D eigenvalue weighted by Crippen LogP contribution is 2.76. The fourth-order valence-electron chi connectivity index (χ4n) is 11.3. The minimum absolute atomic E-state index is 0.0271. The molecular formula is C30H50O3. The van der Waals surface area contributed by atoms with Gasteiger partial charge in [0.15, 0.2) is 0 Å². The van der Waals surface area contributed by atoms with E-state index in [2.05, 4.69) is 55.4 Å². The second-order valence-electron chi connectivity index (χ2n) is 14.8. The lowest BCUT2D eigenvalue weighted by molar-refractivity contribution is -0.276. The van der Waals surface area contributed by atoms with Crippen molar-refractivity contribution in [3.05, 3.63) is 11.6 Å². The Morgan fingerprint density at radius 3 is 2.12 bits per heavy atom. The molecule has 0 amide bonds. The number of hydrogen-bond donors (Lipinski definition) is 3. The highest BCUT2D eigenvalue weighted by molar-refractivity contribution is 5.26. The van der Waals surface area contributed by atoms with E-state index in [1.54, 1.807) is 0 Å². The minimum Gasteiger partial charge on any atom is -0.393 e. The average Bonchev–Trinajstić information content (AvgIpc) is 2.71. The van der Waals surface area contributed by atoms with E-state index in [1.165, 1.54) is 31.3 Å². The Hall–Kier alpha value is -0.380. The molecular weight excluding hydrogens is 408 g/mol. The average molecular weight is 459 g/mol. The van der Waals surface area contributed by atoms with Crippen LogP contribution in [0.4, 0.5) is 0 Å². The van der Waals surface area contributed by atoms with Crippen molar-refractivity contribution in [2.45, 2.75) is 119 Å². The lowest BCUT2D eigenvalue weighted by atomic mass is 9.31. The van der Waals surface area contributed by atoms with Crippen LogP contribution in [0.3, 0.4) is 0 Å². The predicted molar refractivity (Wildman–Crippen MR) is 133 cm³/mol. The minimum atomic E-state index is -0.558. The Labute approximate surface area is 202 Å². The summed E-state index contributed by atoms with van der Waals surface area (Å²) in [6, 6.07) is 0. The zero-order valence-electron chi connectivity index (χ0n) is 22.5. The lowest BCUT2D eigenvalue weighted by Crippen LogP contribution is -2.70. The zero-order valence-corrected chi connectivity index (χ0v) is 22.5. The van der Waals surface area contributed by atoms with Gasteiger partial charge >= 0.3 is 0 Å². The van der Waals surface area contributed by atoms with Crippen LogP contribution >= 0.6 is 0 Å². The maximum atomic E-state index is 11.7. The molecule has 0 bridgehead atoms. The van der Waals surface area contributed by atoms with E-state index in [9.17, 15) is 15.3 Å². The van der Waals surface area contributed by atoms with Gasteiger partial charge in [0.1, 0.15) is 0 Å². The van der Waals surface area contributed by atoms with Crippen LogP contribution in [-0.2, 0) is 0 Å². The van der Waals surface area contributed by atoms with Gasteiger partial charge in [0.2, 0.25) is 0 Å². The predicted octanol–water partition coefficient (Wildman–Crippen LogP) is 5.97. The van der Waals surface area contributed by atoms with Crippen molar-refractivity contribution in [1.29, 1.82) is 0 Å². The first-order valence-corrected chi connectivity index (χ1v) is 13.9. The van der Waals surface area contributed by atoms with Gasteiger partial charge in [-0.25, -0.2) is 0 Å². The van der Waals surface area contributed by atoms with Crippen LogP contribution in [0, 0.1) is 56.7 Å². The molecule has 0 spiro atoms. The van der Waals surface area contributed by atoms with E-state index in [1.807, 2.05) is 6.08 Å². The standard InChI is InChI=1S/C30H50O3/c1-17-15-23(32)30(8)24(33)16-29(7)19(25(30)18(17)2)9-10-21-27(5)13-12-22(31)26(3,4)20(27)11-14-28(21,29)6/h15,18-25,31-33H,9-14,16H2,1-8H3/t18-,19?,20?,21?,22+,23+,24+,25?,27+,28-,29-,30-/m1/s1. The van der Waals surface area contributed by atoms with Crippen LogP contribution in [0.2, 0.25) is 0 Å². The largest absolute Gasteiger partial charge is 0.393 e. The van der Waals surface area contributed by atoms with Gasteiger partial charge in [-0.1, -0.05) is 60.1 Å². The first-order valence-electron chi connectivity index (χ1n) is 13.9. The molecule has 4 fully saturated rings. The molecule has 4 saturated carbocycles. The van der Waals surface area contributed by atoms with Gasteiger partial charge < -0.3 is 15.3 Å². The normalized spacial score (nSPS) is 60.0. The Morgan fingerprint density at radius 2 is 1.45 bits per heavy atom. The van der Waals surface area contributed by atoms with Crippen molar-refractivity contribution in [2.24, 2.45) is 56.7 Å². The molecule has 3 nitrogen and oxygen atoms in total. The van der Waals surface area contributed by atoms with Crippen molar-refractivity contribution in [3.63, 3.8) is 0 Å². The van der Waals surface area contributed by atoms with Crippen LogP contribution in [0.1, 0.15) is 100 Å². The third-order valence-corrected chi connectivity index (χ3v) is 13.7. The summed E-state index contributed by atoms with van der Waals surface area (Å²) < 4.78 is 0. The molecule has 0 aromatic rings. The Balaban J connectivity index is 1.59. The molecule has 0 radical (unpaired) electrons. The molecule has 0 aromatic carbocycles. The highest BCUT2D eigenvalue weighted by Gasteiger charge is 2.71. The van der Waals surface area contributed by atoms with Crippen LogP contribution in [-0.4, -0.2) is 33.6 Å². The van der Waals surface area contributed by atoms with Crippen LogP contribution in [0.15, 0.2) is 11.6 Å². The monoisotopic (exact) mass is 458 g/mol. The molecule has 3 N–H and O–H groups in total. The molecule has 4 unspecified atom stereocenters. The molecule has 5 rings (SSSR count). The number of aliphatic hydroxyl groups is 3. The third-order valence-electron chi connectivity index (χ3n) is 13.7. The summed E-state index contributed by atoms with van der Waals surface area (Å²) in [5, 5.41) is 33.8. The van der Waals surface area contributed by atoms with E-state index in [0.717, 1.165) is 19.3 Å². The van der Waals surface area contributed by atoms with Crippen LogP contribution in [0.25, 0.3) is 0 Å². The van der Waals surface area contributed by atoms with E-state index in [4.69, 9.17) is 0 Å². The van der Waals surface area contributed by atoms with E-state index in [0.29, 0.717) is 29.6 Å². The van der Waals surface area contributed by atoms with Crippen LogP contribution in [0.5, 0.6) is 0 Å². The summed E-state index contributed by atoms with van der Waals surface area (Å²) in [6.07, 6.45) is 8.51. The van der Waals surface area contributed by atoms with Crippen molar-refractivity contribution in [3.8, 4) is 0 Å². The summed E-state index contributed by atoms with van der Waals surface area (Å²) in [5.41, 5.74) is 1.32. The third kappa shape index (κ3) is 2.74. The topological polar surface area (TPSA) is 60.7 Å². The molecule has 0 aromatic heterocycles. The van der Waals surface area contributed by atoms with Gasteiger partial charge in [0.25, 0.3) is 0 Å². The number of hydrogen-bond acceptors (Lipinski definition) is 3. The van der Waals surface area contributed by atoms with Crippen LogP contribution < -0.4 is 0 Å². The molecule has 33 heavy (non-hydrogen) atoms. The maximum absolute atomic E-state index is 11.7. The summed E-state index contributed by atoms with van der Waals surface area (Å²) in [4.78, 5) is 0. The summed E-state index contributed by atoms with van der Waals surface area (Å²) in [7, 11) is 0. The second kappa shape index (κ2) is 7.10. The number of fused-ring (bicyclic) bond motifs is 7. The molecule has 188 valence electrons. The highest BCUT2D eigenvalue weighted by atomic mass is 16.3. The molecule has 5 aliphatic rings. The van der Waals surface area contributed by atoms with Gasteiger partial charge in [-0.05, 0) is 103 Å². The maximum Gasteiger partial charge on any atom is 0.0804 e. The number of allylic oxidation sites excluding steroid dienone is 1.